The number of H-pyrrole nitrogens is 1. The van der Waals surface area contributed by atoms with Crippen molar-refractivity contribution < 1.29 is 17.6 Å². The van der Waals surface area contributed by atoms with Gasteiger partial charge in [-0.3, -0.25) is 14.9 Å². The smallest absolute Gasteiger partial charge is 0.291 e. The van der Waals surface area contributed by atoms with Crippen LogP contribution in [0.5, 0.6) is 0 Å². The Labute approximate surface area is 239 Å². The van der Waals surface area contributed by atoms with Gasteiger partial charge in [0.1, 0.15) is 22.9 Å². The number of nitrogens with two attached hydrogens (primary N) is 1. The van der Waals surface area contributed by atoms with Crippen molar-refractivity contribution in [3.8, 4) is 22.4 Å². The van der Waals surface area contributed by atoms with Gasteiger partial charge >= 0.3 is 0 Å². The highest BCUT2D eigenvalue weighted by molar-refractivity contribution is 7.91. The lowest BCUT2D eigenvalue weighted by Gasteiger charge is -2.38. The molecule has 4 aromatic heterocycles. The number of carbonyl (C=O) groups excluding carboxylic acids is 1. The average molecular weight is 588 g/mol. The Morgan fingerprint density at radius 2 is 1.86 bits per heavy atom. The molecule has 1 amide bonds. The van der Waals surface area contributed by atoms with Crippen LogP contribution in [0.3, 0.4) is 0 Å². The van der Waals surface area contributed by atoms with Crippen LogP contribution >= 0.6 is 0 Å². The van der Waals surface area contributed by atoms with Gasteiger partial charge in [-0.15, -0.1) is 0 Å². The minimum absolute atomic E-state index is 0.0133. The molecule has 12 nitrogen and oxygen atoms in total. The molecular weight excluding hydrogens is 561 g/mol. The van der Waals surface area contributed by atoms with Crippen molar-refractivity contribution in [2.45, 2.75) is 48.6 Å². The van der Waals surface area contributed by atoms with Gasteiger partial charge in [-0.05, 0) is 43.9 Å². The maximum Gasteiger partial charge on any atom is 0.291 e. The topological polar surface area (TPSA) is 165 Å². The van der Waals surface area contributed by atoms with Gasteiger partial charge < -0.3 is 10.6 Å². The number of piperidine rings is 1. The fourth-order valence-electron chi connectivity index (χ4n) is 6.41. The Balaban J connectivity index is 1.28. The normalized spacial score (nSPS) is 20.3. The Kier molecular flexibility index (Phi) is 6.04. The number of nitrogens with one attached hydrogen (secondary N) is 1. The monoisotopic (exact) mass is 587 g/mol. The molecule has 42 heavy (non-hydrogen) atoms. The fraction of sp³-hybridized carbons (Fsp3) is 0.286. The SMILES string of the molecule is CS(=O)(=O)c1c(C2CC3CC[C@@H](C2)N3C(=O)c2ncn[nH]2)nc2c(-c3ccc(-c4cccc(F)c4)nc3)cnn2c1N. The molecule has 2 fully saturated rings. The summed E-state index contributed by atoms with van der Waals surface area (Å²) >= 11 is 0. The quantitative estimate of drug-likeness (QED) is 0.314. The Morgan fingerprint density at radius 3 is 2.50 bits per heavy atom. The van der Waals surface area contributed by atoms with Crippen molar-refractivity contribution in [3.63, 3.8) is 0 Å². The number of fused-ring (bicyclic) bond motifs is 3. The molecule has 7 rings (SSSR count). The number of nitrogens with zero attached hydrogens (tertiary/aromatic N) is 7. The first-order valence-electron chi connectivity index (χ1n) is 13.5. The highest BCUT2D eigenvalue weighted by Gasteiger charge is 2.46. The van der Waals surface area contributed by atoms with Crippen molar-refractivity contribution in [1.82, 2.24) is 39.7 Å². The molecule has 3 atom stereocenters. The molecule has 2 bridgehead atoms. The molecule has 1 aromatic carbocycles. The van der Waals surface area contributed by atoms with Crippen LogP contribution in [-0.2, 0) is 9.84 Å². The van der Waals surface area contributed by atoms with Gasteiger partial charge in [-0.1, -0.05) is 18.2 Å². The Hall–Kier alpha value is -4.72. The van der Waals surface area contributed by atoms with Crippen molar-refractivity contribution in [1.29, 1.82) is 0 Å². The largest absolute Gasteiger partial charge is 0.382 e. The zero-order valence-electron chi connectivity index (χ0n) is 22.5. The summed E-state index contributed by atoms with van der Waals surface area (Å²) in [5, 5.41) is 10.8. The van der Waals surface area contributed by atoms with Gasteiger partial charge in [0.15, 0.2) is 15.5 Å². The molecule has 2 unspecified atom stereocenters. The summed E-state index contributed by atoms with van der Waals surface area (Å²) in [6, 6.07) is 9.61. The molecule has 2 aliphatic heterocycles. The van der Waals surface area contributed by atoms with Gasteiger partial charge in [-0.25, -0.2) is 22.8 Å². The van der Waals surface area contributed by atoms with E-state index in [2.05, 4.69) is 25.3 Å². The third kappa shape index (κ3) is 4.29. The minimum Gasteiger partial charge on any atom is -0.382 e. The van der Waals surface area contributed by atoms with E-state index in [1.165, 1.54) is 23.0 Å². The summed E-state index contributed by atoms with van der Waals surface area (Å²) in [4.78, 5) is 28.4. The molecule has 6 heterocycles. The first-order valence-corrected chi connectivity index (χ1v) is 15.4. The minimum atomic E-state index is -3.78. The van der Waals surface area contributed by atoms with Gasteiger partial charge in [0, 0.05) is 47.1 Å². The third-order valence-corrected chi connectivity index (χ3v) is 9.36. The number of aromatic nitrogens is 7. The first-order chi connectivity index (χ1) is 20.2. The fourth-order valence-corrected chi connectivity index (χ4v) is 7.47. The number of amides is 1. The maximum absolute atomic E-state index is 13.7. The number of halogens is 1. The van der Waals surface area contributed by atoms with Crippen LogP contribution in [-0.4, -0.2) is 72.3 Å². The number of carbonyl (C=O) groups is 1. The van der Waals surface area contributed by atoms with Crippen LogP contribution in [0.2, 0.25) is 0 Å². The zero-order valence-corrected chi connectivity index (χ0v) is 23.3. The molecule has 14 heteroatoms. The first kappa shape index (κ1) is 26.2. The van der Waals surface area contributed by atoms with E-state index in [4.69, 9.17) is 10.7 Å². The third-order valence-electron chi connectivity index (χ3n) is 8.20. The van der Waals surface area contributed by atoms with Gasteiger partial charge in [0.2, 0.25) is 5.82 Å². The van der Waals surface area contributed by atoms with E-state index < -0.39 is 9.84 Å². The summed E-state index contributed by atoms with van der Waals surface area (Å²) in [5.74, 6) is -0.629. The molecule has 5 aromatic rings. The molecule has 2 saturated heterocycles. The standard InChI is InChI=1S/C28H26FN9O3S/c1-42(40,41)24-23(17-10-19-6-7-20(11-17)37(19)28(39)26-32-14-33-36-26)35-27-21(13-34-38(27)25(24)30)16-5-8-22(31-12-16)15-3-2-4-18(29)9-15/h2-5,8-9,12-14,17,19-20H,6-7,10-11,30H2,1H3,(H,32,33,36)/t17?,19-,20?/m0/s1. The van der Waals surface area contributed by atoms with Crippen molar-refractivity contribution in [2.75, 3.05) is 12.0 Å². The zero-order chi connectivity index (χ0) is 29.2. The number of pyridine rings is 1. The predicted octanol–water partition coefficient (Wildman–Crippen LogP) is 3.25. The van der Waals surface area contributed by atoms with Crippen molar-refractivity contribution in [2.24, 2.45) is 0 Å². The molecular formula is C28H26FN9O3S. The number of sulfone groups is 1. The number of benzene rings is 1. The van der Waals surface area contributed by atoms with E-state index in [0.717, 1.165) is 19.1 Å². The molecule has 0 aliphatic carbocycles. The lowest BCUT2D eigenvalue weighted by molar-refractivity contribution is 0.0556. The number of hydrogen-bond acceptors (Lipinski definition) is 9. The Morgan fingerprint density at radius 1 is 1.07 bits per heavy atom. The summed E-state index contributed by atoms with van der Waals surface area (Å²) in [6.07, 6.45) is 8.32. The number of anilines is 1. The predicted molar refractivity (Wildman–Crippen MR) is 150 cm³/mol. The van der Waals surface area contributed by atoms with Gasteiger partial charge in [-0.2, -0.15) is 14.7 Å². The number of hydrogen-bond donors (Lipinski definition) is 2. The van der Waals surface area contributed by atoms with E-state index in [1.807, 2.05) is 11.0 Å². The molecule has 3 N–H and O–H groups in total. The van der Waals surface area contributed by atoms with Gasteiger partial charge in [0.05, 0.1) is 17.6 Å². The van der Waals surface area contributed by atoms with E-state index in [9.17, 15) is 17.6 Å². The molecule has 0 radical (unpaired) electrons. The molecule has 0 saturated carbocycles. The van der Waals surface area contributed by atoms with Crippen LogP contribution < -0.4 is 5.73 Å². The highest BCUT2D eigenvalue weighted by atomic mass is 32.2. The second kappa shape index (κ2) is 9.69. The second-order valence-corrected chi connectivity index (χ2v) is 12.8. The lowest BCUT2D eigenvalue weighted by atomic mass is 9.87. The van der Waals surface area contributed by atoms with Crippen LogP contribution in [0.1, 0.15) is 47.9 Å². The number of aromatic amines is 1. The summed E-state index contributed by atoms with van der Waals surface area (Å²) in [5.41, 5.74) is 9.85. The van der Waals surface area contributed by atoms with E-state index in [0.29, 0.717) is 46.6 Å². The Bertz CT molecular complexity index is 1930. The second-order valence-electron chi connectivity index (χ2n) is 10.8. The van der Waals surface area contributed by atoms with E-state index in [-0.39, 0.29) is 46.3 Å². The van der Waals surface area contributed by atoms with Crippen molar-refractivity contribution in [3.05, 3.63) is 72.5 Å². The van der Waals surface area contributed by atoms with Crippen molar-refractivity contribution >= 4 is 27.2 Å². The number of rotatable bonds is 5. The van der Waals surface area contributed by atoms with Crippen LogP contribution in [0.15, 0.2) is 60.0 Å². The number of nitrogen functional groups attached to an aromatic ring is 1. The summed E-state index contributed by atoms with van der Waals surface area (Å²) in [7, 11) is -3.78. The molecule has 214 valence electrons. The van der Waals surface area contributed by atoms with Crippen LogP contribution in [0.25, 0.3) is 28.0 Å². The average Bonchev–Trinajstić information content (AvgIpc) is 3.71. The van der Waals surface area contributed by atoms with Crippen LogP contribution in [0.4, 0.5) is 10.2 Å². The van der Waals surface area contributed by atoms with Gasteiger partial charge in [0.25, 0.3) is 5.91 Å². The molecule has 2 aliphatic rings. The molecule has 0 spiro atoms. The lowest BCUT2D eigenvalue weighted by Crippen LogP contribution is -2.46. The summed E-state index contributed by atoms with van der Waals surface area (Å²) in [6.45, 7) is 0. The van der Waals surface area contributed by atoms with E-state index >= 15 is 0 Å². The van der Waals surface area contributed by atoms with Crippen LogP contribution in [0, 0.1) is 5.82 Å². The summed E-state index contributed by atoms with van der Waals surface area (Å²) < 4.78 is 41.2. The maximum atomic E-state index is 13.7. The van der Waals surface area contributed by atoms with E-state index in [1.54, 1.807) is 30.6 Å². The highest BCUT2D eigenvalue weighted by Crippen LogP contribution is 2.45.